The normalized spacial score (nSPS) is 23.3. The number of likely N-dealkylation sites (tertiary alicyclic amines) is 1. The van der Waals surface area contributed by atoms with Crippen molar-refractivity contribution >= 4 is 29.0 Å². The predicted octanol–water partition coefficient (Wildman–Crippen LogP) is 0.592. The number of hydrogen-bond acceptors (Lipinski definition) is 3. The topological polar surface area (TPSA) is 63.4 Å². The van der Waals surface area contributed by atoms with Crippen LogP contribution in [0.15, 0.2) is 0 Å². The Hall–Kier alpha value is -0.970. The summed E-state index contributed by atoms with van der Waals surface area (Å²) in [6.45, 7) is 0.516. The Bertz CT molecular complexity index is 320. The fourth-order valence-corrected chi connectivity index (χ4v) is 2.38. The molecule has 1 saturated heterocycles. The Morgan fingerprint density at radius 2 is 1.87 bits per heavy atom. The molecule has 2 rings (SSSR count). The van der Waals surface area contributed by atoms with Gasteiger partial charge in [-0.25, -0.2) is 0 Å². The fourth-order valence-electron chi connectivity index (χ4n) is 2.07. The smallest absolute Gasteiger partial charge is 0.229 e. The molecule has 2 amide bonds. The van der Waals surface area contributed by atoms with Gasteiger partial charge in [0.25, 0.3) is 0 Å². The molecule has 0 aromatic heterocycles. The number of thiocarbonyl (C=S) groups is 1. The second kappa shape index (κ2) is 3.56. The van der Waals surface area contributed by atoms with E-state index in [0.717, 1.165) is 12.8 Å². The van der Waals surface area contributed by atoms with Crippen LogP contribution in [0.4, 0.5) is 0 Å². The maximum Gasteiger partial charge on any atom is 0.229 e. The van der Waals surface area contributed by atoms with Gasteiger partial charge in [-0.2, -0.15) is 0 Å². The highest BCUT2D eigenvalue weighted by Crippen LogP contribution is 2.49. The highest BCUT2D eigenvalue weighted by atomic mass is 32.1. The van der Waals surface area contributed by atoms with Crippen LogP contribution in [-0.2, 0) is 9.59 Å². The molecule has 1 aliphatic heterocycles. The fraction of sp³-hybridized carbons (Fsp3) is 0.700. The molecule has 0 aromatic carbocycles. The molecule has 0 bridgehead atoms. The first-order valence-corrected chi connectivity index (χ1v) is 5.55. The summed E-state index contributed by atoms with van der Waals surface area (Å²) in [7, 11) is 0. The van der Waals surface area contributed by atoms with Crippen LogP contribution in [0.2, 0.25) is 0 Å². The maximum atomic E-state index is 11.4. The van der Waals surface area contributed by atoms with Crippen molar-refractivity contribution in [3.05, 3.63) is 0 Å². The van der Waals surface area contributed by atoms with Gasteiger partial charge in [-0.15, -0.1) is 0 Å². The minimum absolute atomic E-state index is 0.0154. The maximum absolute atomic E-state index is 11.4. The van der Waals surface area contributed by atoms with Crippen LogP contribution in [0, 0.1) is 5.41 Å². The van der Waals surface area contributed by atoms with E-state index in [4.69, 9.17) is 18.0 Å². The second-order valence-corrected chi connectivity index (χ2v) is 5.04. The van der Waals surface area contributed by atoms with E-state index in [2.05, 4.69) is 0 Å². The minimum Gasteiger partial charge on any atom is -0.393 e. The van der Waals surface area contributed by atoms with E-state index >= 15 is 0 Å². The lowest BCUT2D eigenvalue weighted by molar-refractivity contribution is -0.139. The van der Waals surface area contributed by atoms with Crippen molar-refractivity contribution < 1.29 is 9.59 Å². The van der Waals surface area contributed by atoms with Crippen LogP contribution in [0.1, 0.15) is 32.1 Å². The zero-order valence-corrected chi connectivity index (χ0v) is 9.31. The number of rotatable bonds is 4. The molecule has 4 nitrogen and oxygen atoms in total. The SMILES string of the molecule is NC(=S)CC1(CN2C(=O)CCC2=O)CC1. The van der Waals surface area contributed by atoms with Crippen molar-refractivity contribution in [2.75, 3.05) is 6.54 Å². The number of amides is 2. The lowest BCUT2D eigenvalue weighted by Gasteiger charge is -2.21. The molecule has 82 valence electrons. The summed E-state index contributed by atoms with van der Waals surface area (Å²) in [6.07, 6.45) is 3.41. The second-order valence-electron chi connectivity index (χ2n) is 4.52. The van der Waals surface area contributed by atoms with Crippen molar-refractivity contribution in [3.63, 3.8) is 0 Å². The van der Waals surface area contributed by atoms with Crippen LogP contribution in [0.25, 0.3) is 0 Å². The molecule has 0 unspecified atom stereocenters. The Balaban J connectivity index is 1.99. The van der Waals surface area contributed by atoms with Crippen LogP contribution in [0.3, 0.4) is 0 Å². The number of nitrogens with two attached hydrogens (primary N) is 1. The number of nitrogens with zero attached hydrogens (tertiary/aromatic N) is 1. The molecule has 15 heavy (non-hydrogen) atoms. The lowest BCUT2D eigenvalue weighted by Crippen LogP contribution is -2.36. The van der Waals surface area contributed by atoms with Crippen LogP contribution >= 0.6 is 12.2 Å². The molecule has 0 spiro atoms. The lowest BCUT2D eigenvalue weighted by atomic mass is 10.0. The van der Waals surface area contributed by atoms with Crippen molar-refractivity contribution in [1.82, 2.24) is 4.90 Å². The van der Waals surface area contributed by atoms with Crippen molar-refractivity contribution in [2.24, 2.45) is 11.1 Å². The summed E-state index contributed by atoms with van der Waals surface area (Å²) in [6, 6.07) is 0. The summed E-state index contributed by atoms with van der Waals surface area (Å²) in [5.74, 6) is -0.0940. The van der Waals surface area contributed by atoms with Gasteiger partial charge in [0.1, 0.15) is 0 Å². The standard InChI is InChI=1S/C10H14N2O2S/c11-7(15)5-10(3-4-10)6-12-8(13)1-2-9(12)14/h1-6H2,(H2,11,15). The molecule has 5 heteroatoms. The summed E-state index contributed by atoms with van der Waals surface area (Å²) in [5.41, 5.74) is 5.52. The van der Waals surface area contributed by atoms with Gasteiger partial charge < -0.3 is 5.73 Å². The average molecular weight is 226 g/mol. The molecule has 0 aromatic rings. The third-order valence-electron chi connectivity index (χ3n) is 3.15. The van der Waals surface area contributed by atoms with Crippen molar-refractivity contribution in [1.29, 1.82) is 0 Å². The Kier molecular flexibility index (Phi) is 2.50. The third kappa shape index (κ3) is 2.17. The predicted molar refractivity (Wildman–Crippen MR) is 59.0 cm³/mol. The molecule has 1 heterocycles. The first-order valence-electron chi connectivity index (χ1n) is 5.14. The van der Waals surface area contributed by atoms with E-state index in [-0.39, 0.29) is 17.2 Å². The summed E-state index contributed by atoms with van der Waals surface area (Å²) in [4.78, 5) is 24.7. The highest BCUT2D eigenvalue weighted by molar-refractivity contribution is 7.80. The molecule has 2 fully saturated rings. The Morgan fingerprint density at radius 3 is 2.27 bits per heavy atom. The van der Waals surface area contributed by atoms with E-state index in [1.165, 1.54) is 4.90 Å². The van der Waals surface area contributed by atoms with E-state index in [9.17, 15) is 9.59 Å². The quantitative estimate of drug-likeness (QED) is 0.563. The van der Waals surface area contributed by atoms with Crippen molar-refractivity contribution in [3.8, 4) is 0 Å². The van der Waals surface area contributed by atoms with E-state index in [1.54, 1.807) is 0 Å². The van der Waals surface area contributed by atoms with Gasteiger partial charge in [0.15, 0.2) is 0 Å². The van der Waals surface area contributed by atoms with E-state index in [1.807, 2.05) is 0 Å². The average Bonchev–Trinajstić information content (AvgIpc) is 2.82. The van der Waals surface area contributed by atoms with E-state index < -0.39 is 0 Å². The Labute approximate surface area is 93.8 Å². The number of hydrogen-bond donors (Lipinski definition) is 1. The van der Waals surface area contributed by atoms with Gasteiger partial charge >= 0.3 is 0 Å². The Morgan fingerprint density at radius 1 is 1.33 bits per heavy atom. The molecular formula is C10H14N2O2S. The summed E-state index contributed by atoms with van der Waals surface area (Å²) < 4.78 is 0. The molecule has 1 aliphatic carbocycles. The molecule has 0 radical (unpaired) electrons. The molecule has 2 N–H and O–H groups in total. The van der Waals surface area contributed by atoms with Gasteiger partial charge in [-0.1, -0.05) is 12.2 Å². The van der Waals surface area contributed by atoms with Crippen LogP contribution < -0.4 is 5.73 Å². The number of carbonyl (C=O) groups is 2. The van der Waals surface area contributed by atoms with Crippen LogP contribution in [0.5, 0.6) is 0 Å². The van der Waals surface area contributed by atoms with Gasteiger partial charge in [0.2, 0.25) is 11.8 Å². The van der Waals surface area contributed by atoms with E-state index in [0.29, 0.717) is 30.8 Å². The van der Waals surface area contributed by atoms with Gasteiger partial charge in [0, 0.05) is 25.8 Å². The largest absolute Gasteiger partial charge is 0.393 e. The summed E-state index contributed by atoms with van der Waals surface area (Å²) >= 11 is 4.87. The van der Waals surface area contributed by atoms with Gasteiger partial charge in [-0.05, 0) is 18.3 Å². The zero-order chi connectivity index (χ0) is 11.1. The zero-order valence-electron chi connectivity index (χ0n) is 8.49. The molecule has 0 atom stereocenters. The first kappa shape index (κ1) is 10.5. The highest BCUT2D eigenvalue weighted by Gasteiger charge is 2.47. The van der Waals surface area contributed by atoms with Gasteiger partial charge in [0.05, 0.1) is 4.99 Å². The first-order chi connectivity index (χ1) is 7.02. The minimum atomic E-state index is -0.0470. The van der Waals surface area contributed by atoms with Crippen LogP contribution in [-0.4, -0.2) is 28.2 Å². The molecular weight excluding hydrogens is 212 g/mol. The van der Waals surface area contributed by atoms with Crippen molar-refractivity contribution in [2.45, 2.75) is 32.1 Å². The monoisotopic (exact) mass is 226 g/mol. The number of imide groups is 1. The number of carbonyl (C=O) groups excluding carboxylic acids is 2. The van der Waals surface area contributed by atoms with Gasteiger partial charge in [-0.3, -0.25) is 14.5 Å². The molecule has 2 aliphatic rings. The third-order valence-corrected chi connectivity index (χ3v) is 3.30. The molecule has 1 saturated carbocycles. The summed E-state index contributed by atoms with van der Waals surface area (Å²) in [5, 5.41) is 0.